The maximum absolute atomic E-state index is 11.1. The predicted molar refractivity (Wildman–Crippen MR) is 67.8 cm³/mol. The number of carbonyl (C=O) groups is 1. The molecule has 2 aromatic rings. The fraction of sp³-hybridized carbons (Fsp3) is 0.167. The molecule has 5 heteroatoms. The smallest absolute Gasteiger partial charge is 0.162 e. The molecule has 1 aromatic heterocycles. The van der Waals surface area contributed by atoms with E-state index in [2.05, 4.69) is 5.10 Å². The Labute approximate surface area is 109 Å². The molecule has 1 heterocycles. The molecule has 0 fully saturated rings. The maximum Gasteiger partial charge on any atom is 0.162 e. The SMILES string of the molecule is CC(=O)c1cnn(Cc2ccc(Cl)cc2Cl)c1. The summed E-state index contributed by atoms with van der Waals surface area (Å²) in [6.45, 7) is 2.03. The number of halogens is 2. The van der Waals surface area contributed by atoms with Crippen molar-refractivity contribution in [1.82, 2.24) is 9.78 Å². The molecule has 0 amide bonds. The fourth-order valence-electron chi connectivity index (χ4n) is 1.46. The molecule has 0 saturated heterocycles. The highest BCUT2D eigenvalue weighted by atomic mass is 35.5. The van der Waals surface area contributed by atoms with Crippen LogP contribution in [0.15, 0.2) is 30.6 Å². The molecule has 0 saturated carbocycles. The van der Waals surface area contributed by atoms with Gasteiger partial charge in [0, 0.05) is 16.2 Å². The molecule has 1 aromatic carbocycles. The lowest BCUT2D eigenvalue weighted by molar-refractivity contribution is 0.101. The van der Waals surface area contributed by atoms with Crippen LogP contribution in [0.1, 0.15) is 22.8 Å². The molecular formula is C12H10Cl2N2O. The van der Waals surface area contributed by atoms with Crippen LogP contribution in [0.3, 0.4) is 0 Å². The van der Waals surface area contributed by atoms with E-state index in [-0.39, 0.29) is 5.78 Å². The summed E-state index contributed by atoms with van der Waals surface area (Å²) < 4.78 is 1.67. The average Bonchev–Trinajstić information content (AvgIpc) is 2.71. The highest BCUT2D eigenvalue weighted by molar-refractivity contribution is 6.35. The van der Waals surface area contributed by atoms with Crippen LogP contribution in [0.4, 0.5) is 0 Å². The first-order chi connectivity index (χ1) is 8.06. The molecule has 0 aliphatic heterocycles. The van der Waals surface area contributed by atoms with Gasteiger partial charge in [-0.15, -0.1) is 0 Å². The van der Waals surface area contributed by atoms with Crippen LogP contribution in [-0.4, -0.2) is 15.6 Å². The second-order valence-corrected chi connectivity index (χ2v) is 4.56. The molecular weight excluding hydrogens is 259 g/mol. The van der Waals surface area contributed by atoms with Crippen LogP contribution in [0.5, 0.6) is 0 Å². The van der Waals surface area contributed by atoms with Gasteiger partial charge in [0.05, 0.1) is 18.3 Å². The van der Waals surface area contributed by atoms with Gasteiger partial charge in [-0.1, -0.05) is 29.3 Å². The summed E-state index contributed by atoms with van der Waals surface area (Å²) in [5.74, 6) is -0.00143. The predicted octanol–water partition coefficient (Wildman–Crippen LogP) is 3.44. The summed E-state index contributed by atoms with van der Waals surface area (Å²) in [5, 5.41) is 5.30. The molecule has 3 nitrogen and oxygen atoms in total. The Balaban J connectivity index is 2.22. The Morgan fingerprint density at radius 2 is 2.18 bits per heavy atom. The first kappa shape index (κ1) is 12.1. The number of benzene rings is 1. The Bertz CT molecular complexity index is 563. The van der Waals surface area contributed by atoms with E-state index in [1.165, 1.54) is 6.92 Å². The van der Waals surface area contributed by atoms with E-state index in [0.29, 0.717) is 22.2 Å². The van der Waals surface area contributed by atoms with Crippen LogP contribution >= 0.6 is 23.2 Å². The molecule has 0 radical (unpaired) electrons. The normalized spacial score (nSPS) is 10.5. The van der Waals surface area contributed by atoms with Gasteiger partial charge in [0.25, 0.3) is 0 Å². The first-order valence-corrected chi connectivity index (χ1v) is 5.79. The number of hydrogen-bond acceptors (Lipinski definition) is 2. The van der Waals surface area contributed by atoms with Crippen LogP contribution in [0.25, 0.3) is 0 Å². The van der Waals surface area contributed by atoms with Crippen molar-refractivity contribution in [2.75, 3.05) is 0 Å². The lowest BCUT2D eigenvalue weighted by Crippen LogP contribution is -2.00. The first-order valence-electron chi connectivity index (χ1n) is 5.03. The van der Waals surface area contributed by atoms with E-state index in [0.717, 1.165) is 5.56 Å². The number of hydrogen-bond donors (Lipinski definition) is 0. The lowest BCUT2D eigenvalue weighted by atomic mass is 10.2. The molecule has 17 heavy (non-hydrogen) atoms. The van der Waals surface area contributed by atoms with E-state index < -0.39 is 0 Å². The summed E-state index contributed by atoms with van der Waals surface area (Å²) in [5.41, 5.74) is 1.50. The van der Waals surface area contributed by atoms with E-state index in [1.54, 1.807) is 29.2 Å². The summed E-state index contributed by atoms with van der Waals surface area (Å²) in [6.07, 6.45) is 3.25. The number of carbonyl (C=O) groups excluding carboxylic acids is 1. The number of Topliss-reactive ketones (excluding diaryl/α,β-unsaturated/α-hetero) is 1. The van der Waals surface area contributed by atoms with Crippen LogP contribution in [-0.2, 0) is 6.54 Å². The Morgan fingerprint density at radius 3 is 2.76 bits per heavy atom. The summed E-state index contributed by atoms with van der Waals surface area (Å²) in [4.78, 5) is 11.1. The van der Waals surface area contributed by atoms with Gasteiger partial charge in [-0.25, -0.2) is 0 Å². The standard InChI is InChI=1S/C12H10Cl2N2O/c1-8(17)10-5-15-16(7-10)6-9-2-3-11(13)4-12(9)14/h2-5,7H,6H2,1H3. The topological polar surface area (TPSA) is 34.9 Å². The molecule has 0 atom stereocenters. The summed E-state index contributed by atoms with van der Waals surface area (Å²) in [7, 11) is 0. The fourth-order valence-corrected chi connectivity index (χ4v) is 1.92. The molecule has 0 bridgehead atoms. The van der Waals surface area contributed by atoms with E-state index in [4.69, 9.17) is 23.2 Å². The largest absolute Gasteiger partial charge is 0.294 e. The zero-order valence-electron chi connectivity index (χ0n) is 9.15. The van der Waals surface area contributed by atoms with Crippen molar-refractivity contribution in [3.63, 3.8) is 0 Å². The minimum absolute atomic E-state index is 0.00143. The van der Waals surface area contributed by atoms with Gasteiger partial charge in [0.2, 0.25) is 0 Å². The third-order valence-corrected chi connectivity index (χ3v) is 2.97. The van der Waals surface area contributed by atoms with Crippen molar-refractivity contribution >= 4 is 29.0 Å². The highest BCUT2D eigenvalue weighted by Crippen LogP contribution is 2.21. The van der Waals surface area contributed by atoms with Gasteiger partial charge in [0.1, 0.15) is 0 Å². The monoisotopic (exact) mass is 268 g/mol. The highest BCUT2D eigenvalue weighted by Gasteiger charge is 2.06. The molecule has 0 spiro atoms. The number of nitrogens with zero attached hydrogens (tertiary/aromatic N) is 2. The number of rotatable bonds is 3. The zero-order chi connectivity index (χ0) is 12.4. The van der Waals surface area contributed by atoms with Gasteiger partial charge < -0.3 is 0 Å². The second kappa shape index (κ2) is 4.90. The molecule has 88 valence electrons. The Hall–Kier alpha value is -1.32. The lowest BCUT2D eigenvalue weighted by Gasteiger charge is -2.04. The molecule has 2 rings (SSSR count). The molecule has 0 N–H and O–H groups in total. The molecule has 0 unspecified atom stereocenters. The van der Waals surface area contributed by atoms with Gasteiger partial charge >= 0.3 is 0 Å². The molecule has 0 aliphatic rings. The molecule has 0 aliphatic carbocycles. The van der Waals surface area contributed by atoms with E-state index in [1.807, 2.05) is 6.07 Å². The van der Waals surface area contributed by atoms with Crippen molar-refractivity contribution in [3.8, 4) is 0 Å². The van der Waals surface area contributed by atoms with Crippen molar-refractivity contribution in [1.29, 1.82) is 0 Å². The zero-order valence-corrected chi connectivity index (χ0v) is 10.7. The van der Waals surface area contributed by atoms with Crippen molar-refractivity contribution in [2.24, 2.45) is 0 Å². The summed E-state index contributed by atoms with van der Waals surface area (Å²) >= 11 is 11.9. The Kier molecular flexibility index (Phi) is 3.50. The van der Waals surface area contributed by atoms with E-state index in [9.17, 15) is 4.79 Å². The third-order valence-electron chi connectivity index (χ3n) is 2.39. The van der Waals surface area contributed by atoms with Crippen LogP contribution in [0.2, 0.25) is 10.0 Å². The Morgan fingerprint density at radius 1 is 1.41 bits per heavy atom. The van der Waals surface area contributed by atoms with Crippen LogP contribution in [0, 0.1) is 0 Å². The number of aromatic nitrogens is 2. The number of ketones is 1. The van der Waals surface area contributed by atoms with Crippen molar-refractivity contribution in [3.05, 3.63) is 51.8 Å². The minimum Gasteiger partial charge on any atom is -0.294 e. The summed E-state index contributed by atoms with van der Waals surface area (Å²) in [6, 6.07) is 5.31. The van der Waals surface area contributed by atoms with Gasteiger partial charge in [-0.3, -0.25) is 9.48 Å². The van der Waals surface area contributed by atoms with Crippen molar-refractivity contribution < 1.29 is 4.79 Å². The van der Waals surface area contributed by atoms with Gasteiger partial charge in [-0.05, 0) is 24.6 Å². The second-order valence-electron chi connectivity index (χ2n) is 3.72. The minimum atomic E-state index is -0.00143. The maximum atomic E-state index is 11.1. The van der Waals surface area contributed by atoms with Gasteiger partial charge in [-0.2, -0.15) is 5.10 Å². The van der Waals surface area contributed by atoms with Crippen molar-refractivity contribution in [2.45, 2.75) is 13.5 Å². The average molecular weight is 269 g/mol. The van der Waals surface area contributed by atoms with Crippen LogP contribution < -0.4 is 0 Å². The third kappa shape index (κ3) is 2.87. The van der Waals surface area contributed by atoms with Gasteiger partial charge in [0.15, 0.2) is 5.78 Å². The quantitative estimate of drug-likeness (QED) is 0.800. The van der Waals surface area contributed by atoms with E-state index >= 15 is 0 Å².